The highest BCUT2D eigenvalue weighted by atomic mass is 19.4. The van der Waals surface area contributed by atoms with Crippen LogP contribution in [0.2, 0.25) is 0 Å². The molecule has 0 bridgehead atoms. The van der Waals surface area contributed by atoms with Gasteiger partial charge in [0.05, 0.1) is 12.3 Å². The largest absolute Gasteiger partial charge is 0.573 e. The maximum Gasteiger partial charge on any atom is 0.573 e. The van der Waals surface area contributed by atoms with Gasteiger partial charge in [-0.05, 0) is 25.0 Å². The first-order valence-corrected chi connectivity index (χ1v) is 6.55. The number of ether oxygens (including phenoxy) is 1. The lowest BCUT2D eigenvalue weighted by Gasteiger charge is -2.30. The number of hydrogen-bond donors (Lipinski definition) is 2. The SMILES string of the molecule is CCC(CC)(CO)CNc1ccccc1OC(F)(F)F. The lowest BCUT2D eigenvalue weighted by Crippen LogP contribution is -2.32. The van der Waals surface area contributed by atoms with E-state index in [9.17, 15) is 18.3 Å². The molecule has 0 heterocycles. The summed E-state index contributed by atoms with van der Waals surface area (Å²) in [4.78, 5) is 0. The molecule has 0 amide bonds. The Morgan fingerprint density at radius 3 is 2.25 bits per heavy atom. The van der Waals surface area contributed by atoms with Gasteiger partial charge < -0.3 is 15.2 Å². The molecule has 0 atom stereocenters. The molecule has 3 nitrogen and oxygen atoms in total. The fourth-order valence-corrected chi connectivity index (χ4v) is 1.89. The molecule has 0 radical (unpaired) electrons. The fraction of sp³-hybridized carbons (Fsp3) is 0.571. The van der Waals surface area contributed by atoms with Crippen LogP contribution < -0.4 is 10.1 Å². The number of anilines is 1. The van der Waals surface area contributed by atoms with Crippen LogP contribution in [0.15, 0.2) is 24.3 Å². The van der Waals surface area contributed by atoms with Crippen LogP contribution in [0.5, 0.6) is 5.75 Å². The number of nitrogens with one attached hydrogen (secondary N) is 1. The molecule has 0 fully saturated rings. The second kappa shape index (κ2) is 6.83. The third kappa shape index (κ3) is 4.59. The number of alkyl halides is 3. The lowest BCUT2D eigenvalue weighted by molar-refractivity contribution is -0.274. The molecule has 0 unspecified atom stereocenters. The number of aliphatic hydroxyl groups is 1. The van der Waals surface area contributed by atoms with Gasteiger partial charge in [0.1, 0.15) is 0 Å². The molecule has 1 aromatic carbocycles. The lowest BCUT2D eigenvalue weighted by atomic mass is 9.83. The molecule has 1 rings (SSSR count). The highest BCUT2D eigenvalue weighted by Crippen LogP contribution is 2.32. The highest BCUT2D eigenvalue weighted by Gasteiger charge is 2.32. The Bertz CT molecular complexity index is 409. The molecule has 1 aromatic rings. The number of para-hydroxylation sites is 2. The van der Waals surface area contributed by atoms with Crippen molar-refractivity contribution in [3.05, 3.63) is 24.3 Å². The van der Waals surface area contributed by atoms with E-state index in [0.717, 1.165) is 12.8 Å². The summed E-state index contributed by atoms with van der Waals surface area (Å²) < 4.78 is 40.9. The predicted octanol–water partition coefficient (Wildman–Crippen LogP) is 3.80. The maximum absolute atomic E-state index is 12.3. The first kappa shape index (κ1) is 16.6. The summed E-state index contributed by atoms with van der Waals surface area (Å²) in [5, 5.41) is 12.4. The standard InChI is InChI=1S/C14H20F3NO2/c1-3-13(4-2,10-19)9-18-11-7-5-6-8-12(11)20-14(15,16)17/h5-8,18-19H,3-4,9-10H2,1-2H3. The van der Waals surface area contributed by atoms with E-state index >= 15 is 0 Å². The Kier molecular flexibility index (Phi) is 5.68. The third-order valence-electron chi connectivity index (χ3n) is 3.60. The zero-order valence-corrected chi connectivity index (χ0v) is 11.6. The molecule has 0 spiro atoms. The van der Waals surface area contributed by atoms with Gasteiger partial charge in [-0.1, -0.05) is 26.0 Å². The average Bonchev–Trinajstić information content (AvgIpc) is 2.41. The summed E-state index contributed by atoms with van der Waals surface area (Å²) in [6.45, 7) is 4.25. The van der Waals surface area contributed by atoms with Crippen LogP contribution >= 0.6 is 0 Å². The van der Waals surface area contributed by atoms with Gasteiger partial charge in [0.15, 0.2) is 5.75 Å². The Labute approximate surface area is 116 Å². The van der Waals surface area contributed by atoms with Crippen molar-refractivity contribution in [2.24, 2.45) is 5.41 Å². The summed E-state index contributed by atoms with van der Waals surface area (Å²) in [5.74, 6) is -0.265. The van der Waals surface area contributed by atoms with Gasteiger partial charge in [-0.25, -0.2) is 0 Å². The Balaban J connectivity index is 2.82. The van der Waals surface area contributed by atoms with Crippen molar-refractivity contribution in [3.63, 3.8) is 0 Å². The van der Waals surface area contributed by atoms with Gasteiger partial charge in [0.25, 0.3) is 0 Å². The van der Waals surface area contributed by atoms with Crippen LogP contribution in [0, 0.1) is 5.41 Å². The van der Waals surface area contributed by atoms with E-state index in [0.29, 0.717) is 6.54 Å². The van der Waals surface area contributed by atoms with E-state index in [2.05, 4.69) is 10.1 Å². The van der Waals surface area contributed by atoms with Crippen molar-refractivity contribution in [1.29, 1.82) is 0 Å². The number of benzene rings is 1. The molecule has 2 N–H and O–H groups in total. The van der Waals surface area contributed by atoms with E-state index in [1.54, 1.807) is 6.07 Å². The summed E-state index contributed by atoms with van der Waals surface area (Å²) >= 11 is 0. The van der Waals surface area contributed by atoms with Crippen molar-refractivity contribution in [2.45, 2.75) is 33.1 Å². The number of hydrogen-bond acceptors (Lipinski definition) is 3. The van der Waals surface area contributed by atoms with Gasteiger partial charge in [-0.3, -0.25) is 0 Å². The van der Waals surface area contributed by atoms with Gasteiger partial charge in [0, 0.05) is 12.0 Å². The smallest absolute Gasteiger partial charge is 0.404 e. The second-order valence-corrected chi connectivity index (χ2v) is 4.76. The topological polar surface area (TPSA) is 41.5 Å². The van der Waals surface area contributed by atoms with E-state index in [1.807, 2.05) is 13.8 Å². The predicted molar refractivity (Wildman–Crippen MR) is 71.7 cm³/mol. The van der Waals surface area contributed by atoms with Crippen LogP contribution in [-0.4, -0.2) is 24.6 Å². The molecule has 6 heteroatoms. The number of aliphatic hydroxyl groups excluding tert-OH is 1. The molecule has 0 aliphatic carbocycles. The molecule has 0 saturated heterocycles. The maximum atomic E-state index is 12.3. The van der Waals surface area contributed by atoms with Gasteiger partial charge in [-0.15, -0.1) is 13.2 Å². The third-order valence-corrected chi connectivity index (χ3v) is 3.60. The molecule has 0 aromatic heterocycles. The quantitative estimate of drug-likeness (QED) is 0.803. The van der Waals surface area contributed by atoms with Crippen LogP contribution in [0.1, 0.15) is 26.7 Å². The average molecular weight is 291 g/mol. The van der Waals surface area contributed by atoms with Crippen molar-refractivity contribution >= 4 is 5.69 Å². The van der Waals surface area contributed by atoms with Crippen LogP contribution in [-0.2, 0) is 0 Å². The highest BCUT2D eigenvalue weighted by molar-refractivity contribution is 5.56. The number of halogens is 3. The summed E-state index contributed by atoms with van der Waals surface area (Å²) in [6.07, 6.45) is -3.26. The summed E-state index contributed by atoms with van der Waals surface area (Å²) in [7, 11) is 0. The van der Waals surface area contributed by atoms with Crippen LogP contribution in [0.3, 0.4) is 0 Å². The monoisotopic (exact) mass is 291 g/mol. The summed E-state index contributed by atoms with van der Waals surface area (Å²) in [6, 6.07) is 5.89. The molecule has 0 saturated carbocycles. The van der Waals surface area contributed by atoms with Crippen molar-refractivity contribution in [2.75, 3.05) is 18.5 Å². The minimum atomic E-state index is -4.72. The molecule has 20 heavy (non-hydrogen) atoms. The summed E-state index contributed by atoms with van der Waals surface area (Å²) in [5.41, 5.74) is -0.0738. The van der Waals surface area contributed by atoms with E-state index < -0.39 is 6.36 Å². The van der Waals surface area contributed by atoms with Gasteiger partial charge in [-0.2, -0.15) is 0 Å². The first-order chi connectivity index (χ1) is 9.36. The van der Waals surface area contributed by atoms with Crippen molar-refractivity contribution in [1.82, 2.24) is 0 Å². The normalized spacial score (nSPS) is 12.3. The van der Waals surface area contributed by atoms with Crippen molar-refractivity contribution < 1.29 is 23.0 Å². The molecule has 114 valence electrons. The van der Waals surface area contributed by atoms with E-state index in [-0.39, 0.29) is 23.5 Å². The molecular formula is C14H20F3NO2. The minimum absolute atomic E-state index is 0.0186. The zero-order chi connectivity index (χ0) is 15.2. The molecule has 0 aliphatic heterocycles. The Morgan fingerprint density at radius 2 is 1.75 bits per heavy atom. The fourth-order valence-electron chi connectivity index (χ4n) is 1.89. The van der Waals surface area contributed by atoms with E-state index in [1.165, 1.54) is 18.2 Å². The van der Waals surface area contributed by atoms with Gasteiger partial charge >= 0.3 is 6.36 Å². The number of rotatable bonds is 7. The Hall–Kier alpha value is -1.43. The Morgan fingerprint density at radius 1 is 1.15 bits per heavy atom. The molecule has 0 aliphatic rings. The zero-order valence-electron chi connectivity index (χ0n) is 11.6. The van der Waals surface area contributed by atoms with Gasteiger partial charge in [0.2, 0.25) is 0 Å². The van der Waals surface area contributed by atoms with E-state index in [4.69, 9.17) is 0 Å². The first-order valence-electron chi connectivity index (χ1n) is 6.55. The van der Waals surface area contributed by atoms with Crippen LogP contribution in [0.4, 0.5) is 18.9 Å². The molecular weight excluding hydrogens is 271 g/mol. The van der Waals surface area contributed by atoms with Crippen LogP contribution in [0.25, 0.3) is 0 Å². The minimum Gasteiger partial charge on any atom is -0.404 e. The second-order valence-electron chi connectivity index (χ2n) is 4.76. The van der Waals surface area contributed by atoms with Crippen molar-refractivity contribution in [3.8, 4) is 5.75 Å².